The number of hydrogen-bond acceptors (Lipinski definition) is 6. The third kappa shape index (κ3) is 4.57. The van der Waals surface area contributed by atoms with Crippen LogP contribution < -0.4 is 5.32 Å². The van der Waals surface area contributed by atoms with Gasteiger partial charge in [0.2, 0.25) is 5.13 Å². The first-order valence-corrected chi connectivity index (χ1v) is 9.35. The Morgan fingerprint density at radius 1 is 1.35 bits per heavy atom. The molecule has 0 radical (unpaired) electrons. The van der Waals surface area contributed by atoms with Crippen LogP contribution in [-0.2, 0) is 5.75 Å². The fraction of sp³-hybridized carbons (Fsp3) is 0.0714. The van der Waals surface area contributed by atoms with E-state index in [0.717, 1.165) is 15.7 Å². The van der Waals surface area contributed by atoms with Crippen molar-refractivity contribution in [3.63, 3.8) is 0 Å². The largest absolute Gasteiger partial charge is 0.444 e. The molecule has 0 aliphatic carbocycles. The van der Waals surface area contributed by atoms with Crippen molar-refractivity contribution >= 4 is 61.7 Å². The molecule has 0 saturated carbocycles. The van der Waals surface area contributed by atoms with Crippen LogP contribution in [0.3, 0.4) is 0 Å². The van der Waals surface area contributed by atoms with Crippen LogP contribution in [-0.4, -0.2) is 16.1 Å². The molecule has 0 unspecified atom stereocenters. The van der Waals surface area contributed by atoms with Crippen LogP contribution in [0.1, 0.15) is 16.1 Å². The first-order valence-electron chi connectivity index (χ1n) is 6.37. The molecule has 1 amide bonds. The summed E-state index contributed by atoms with van der Waals surface area (Å²) in [7, 11) is 0. The lowest BCUT2D eigenvalue weighted by atomic mass is 10.2. The second-order valence-corrected chi connectivity index (χ2v) is 7.77. The van der Waals surface area contributed by atoms with Gasteiger partial charge in [-0.25, -0.2) is 0 Å². The molecule has 0 bridgehead atoms. The second kappa shape index (κ2) is 7.48. The molecular formula is C14H9BrClN3O2S2. The Bertz CT molecular complexity index is 837. The van der Waals surface area contributed by atoms with Gasteiger partial charge in [-0.2, -0.15) is 0 Å². The van der Waals surface area contributed by atoms with Gasteiger partial charge in [-0.3, -0.25) is 10.1 Å². The third-order valence-electron chi connectivity index (χ3n) is 2.68. The van der Waals surface area contributed by atoms with E-state index in [0.29, 0.717) is 14.8 Å². The molecule has 0 aliphatic heterocycles. The molecule has 3 rings (SSSR count). The summed E-state index contributed by atoms with van der Waals surface area (Å²) in [4.78, 5) is 11.9. The minimum Gasteiger partial charge on any atom is -0.444 e. The van der Waals surface area contributed by atoms with Crippen LogP contribution in [0.25, 0.3) is 0 Å². The van der Waals surface area contributed by atoms with Gasteiger partial charge in [0, 0.05) is 10.8 Å². The van der Waals surface area contributed by atoms with E-state index in [1.54, 1.807) is 12.1 Å². The van der Waals surface area contributed by atoms with Crippen molar-refractivity contribution in [1.82, 2.24) is 10.2 Å². The summed E-state index contributed by atoms with van der Waals surface area (Å²) in [5.41, 5.74) is 1.10. The van der Waals surface area contributed by atoms with Crippen molar-refractivity contribution in [2.45, 2.75) is 10.1 Å². The number of aromatic nitrogens is 2. The number of nitrogens with one attached hydrogen (secondary N) is 1. The Labute approximate surface area is 153 Å². The smallest absolute Gasteiger partial charge is 0.293 e. The van der Waals surface area contributed by atoms with E-state index in [1.165, 1.54) is 23.1 Å². The molecular weight excluding hydrogens is 422 g/mol. The highest BCUT2D eigenvalue weighted by Crippen LogP contribution is 2.29. The van der Waals surface area contributed by atoms with E-state index in [1.807, 2.05) is 24.3 Å². The number of hydrogen-bond donors (Lipinski definition) is 1. The summed E-state index contributed by atoms with van der Waals surface area (Å²) < 4.78 is 6.45. The Morgan fingerprint density at radius 3 is 2.96 bits per heavy atom. The summed E-state index contributed by atoms with van der Waals surface area (Å²) in [5.74, 6) is 0.576. The van der Waals surface area contributed by atoms with Gasteiger partial charge in [-0.05, 0) is 45.8 Å². The number of halogens is 2. The number of nitrogens with zero attached hydrogens (tertiary/aromatic N) is 2. The van der Waals surface area contributed by atoms with E-state index < -0.39 is 0 Å². The number of carbonyl (C=O) groups is 1. The number of furan rings is 1. The summed E-state index contributed by atoms with van der Waals surface area (Å²) in [6.07, 6.45) is 0. The summed E-state index contributed by atoms with van der Waals surface area (Å²) in [6.45, 7) is 0. The van der Waals surface area contributed by atoms with Gasteiger partial charge in [0.15, 0.2) is 14.8 Å². The zero-order chi connectivity index (χ0) is 16.2. The average molecular weight is 431 g/mol. The van der Waals surface area contributed by atoms with Crippen molar-refractivity contribution in [2.75, 3.05) is 5.32 Å². The lowest BCUT2D eigenvalue weighted by molar-refractivity contribution is 0.0995. The van der Waals surface area contributed by atoms with Crippen molar-refractivity contribution in [1.29, 1.82) is 0 Å². The third-order valence-corrected chi connectivity index (χ3v) is 5.38. The molecule has 1 aromatic carbocycles. The molecule has 0 spiro atoms. The lowest BCUT2D eigenvalue weighted by Crippen LogP contribution is -2.10. The fourth-order valence-corrected chi connectivity index (χ4v) is 3.89. The van der Waals surface area contributed by atoms with E-state index in [-0.39, 0.29) is 11.7 Å². The molecule has 0 fully saturated rings. The molecule has 1 N–H and O–H groups in total. The first kappa shape index (κ1) is 16.5. The Morgan fingerprint density at radius 2 is 2.22 bits per heavy atom. The highest BCUT2D eigenvalue weighted by molar-refractivity contribution is 9.10. The quantitative estimate of drug-likeness (QED) is 0.451. The van der Waals surface area contributed by atoms with Crippen LogP contribution >= 0.6 is 50.6 Å². The summed E-state index contributed by atoms with van der Waals surface area (Å²) in [6, 6.07) is 10.9. The van der Waals surface area contributed by atoms with Crippen LogP contribution in [0, 0.1) is 0 Å². The zero-order valence-electron chi connectivity index (χ0n) is 11.5. The highest BCUT2D eigenvalue weighted by atomic mass is 79.9. The minimum atomic E-state index is -0.363. The maximum Gasteiger partial charge on any atom is 0.293 e. The van der Waals surface area contributed by atoms with Crippen LogP contribution in [0.15, 0.2) is 49.8 Å². The van der Waals surface area contributed by atoms with Crippen LogP contribution in [0.5, 0.6) is 0 Å². The van der Waals surface area contributed by atoms with Gasteiger partial charge in [0.05, 0.1) is 0 Å². The molecule has 9 heteroatoms. The van der Waals surface area contributed by atoms with Crippen LogP contribution in [0.4, 0.5) is 5.13 Å². The maximum atomic E-state index is 11.9. The lowest BCUT2D eigenvalue weighted by Gasteiger charge is -1.99. The van der Waals surface area contributed by atoms with Crippen molar-refractivity contribution in [3.05, 3.63) is 57.4 Å². The maximum absolute atomic E-state index is 11.9. The predicted octanol–water partition coefficient (Wildman–Crippen LogP) is 5.09. The fourth-order valence-electron chi connectivity index (χ4n) is 1.69. The highest BCUT2D eigenvalue weighted by Gasteiger charge is 2.13. The van der Waals surface area contributed by atoms with Crippen molar-refractivity contribution in [2.24, 2.45) is 0 Å². The van der Waals surface area contributed by atoms with E-state index in [2.05, 4.69) is 31.4 Å². The molecule has 0 aliphatic rings. The van der Waals surface area contributed by atoms with Gasteiger partial charge in [0.1, 0.15) is 0 Å². The molecule has 23 heavy (non-hydrogen) atoms. The number of amides is 1. The normalized spacial score (nSPS) is 10.7. The number of anilines is 1. The van der Waals surface area contributed by atoms with Gasteiger partial charge in [-0.15, -0.1) is 10.2 Å². The zero-order valence-corrected chi connectivity index (χ0v) is 15.4. The number of thioether (sulfide) groups is 1. The molecule has 0 atom stereocenters. The first-order chi connectivity index (χ1) is 11.1. The van der Waals surface area contributed by atoms with Gasteiger partial charge in [0.25, 0.3) is 5.91 Å². The number of rotatable bonds is 5. The number of benzene rings is 1. The second-order valence-electron chi connectivity index (χ2n) is 4.35. The topological polar surface area (TPSA) is 68.0 Å². The molecule has 3 aromatic rings. The van der Waals surface area contributed by atoms with Crippen LogP contribution in [0.2, 0.25) is 5.02 Å². The summed E-state index contributed by atoms with van der Waals surface area (Å²) >= 11 is 11.9. The van der Waals surface area contributed by atoms with E-state index in [4.69, 9.17) is 16.0 Å². The minimum absolute atomic E-state index is 0.209. The number of carbonyl (C=O) groups excluding carboxylic acids is 1. The average Bonchev–Trinajstić information content (AvgIpc) is 3.14. The standard InChI is InChI=1S/C14H9BrClN3O2S2/c15-11-5-4-10(21-11)12(20)17-13-18-19-14(23-13)22-7-8-2-1-3-9(16)6-8/h1-6H,7H2,(H,17,18,20). The van der Waals surface area contributed by atoms with Gasteiger partial charge in [-0.1, -0.05) is 46.8 Å². The predicted molar refractivity (Wildman–Crippen MR) is 95.3 cm³/mol. The Balaban J connectivity index is 1.58. The molecule has 5 nitrogen and oxygen atoms in total. The monoisotopic (exact) mass is 429 g/mol. The van der Waals surface area contributed by atoms with E-state index >= 15 is 0 Å². The van der Waals surface area contributed by atoms with Crippen molar-refractivity contribution < 1.29 is 9.21 Å². The van der Waals surface area contributed by atoms with Crippen molar-refractivity contribution in [3.8, 4) is 0 Å². The molecule has 2 aromatic heterocycles. The molecule has 2 heterocycles. The van der Waals surface area contributed by atoms with Gasteiger partial charge >= 0.3 is 0 Å². The molecule has 0 saturated heterocycles. The van der Waals surface area contributed by atoms with Gasteiger partial charge < -0.3 is 4.42 Å². The molecule has 118 valence electrons. The Hall–Kier alpha value is -1.35. The van der Waals surface area contributed by atoms with E-state index in [9.17, 15) is 4.79 Å². The summed E-state index contributed by atoms with van der Waals surface area (Å²) in [5, 5.41) is 11.8. The SMILES string of the molecule is O=C(Nc1nnc(SCc2cccc(Cl)c2)s1)c1ccc(Br)o1. The Kier molecular flexibility index (Phi) is 5.37.